The van der Waals surface area contributed by atoms with Crippen molar-refractivity contribution in [2.75, 3.05) is 19.0 Å². The molecule has 0 bridgehead atoms. The third-order valence-electron chi connectivity index (χ3n) is 3.07. The van der Waals surface area contributed by atoms with Crippen LogP contribution in [0.25, 0.3) is 0 Å². The fourth-order valence-corrected chi connectivity index (χ4v) is 2.39. The number of hydrogen-bond donors (Lipinski definition) is 2. The molecule has 2 rings (SSSR count). The quantitative estimate of drug-likeness (QED) is 0.818. The lowest BCUT2D eigenvalue weighted by Crippen LogP contribution is -2.20. The molecule has 0 amide bonds. The molecule has 6 heteroatoms. The highest BCUT2D eigenvalue weighted by Gasteiger charge is 2.12. The van der Waals surface area contributed by atoms with Crippen molar-refractivity contribution >= 4 is 33.2 Å². The summed E-state index contributed by atoms with van der Waals surface area (Å²) in [5, 5.41) is 3.86. The molecule has 3 N–H and O–H groups in total. The van der Waals surface area contributed by atoms with Crippen LogP contribution in [0.15, 0.2) is 40.9 Å². The predicted octanol–water partition coefficient (Wildman–Crippen LogP) is 4.36. The molecule has 0 saturated carbocycles. The summed E-state index contributed by atoms with van der Waals surface area (Å²) in [5.74, 6) is -0.219. The van der Waals surface area contributed by atoms with Crippen LogP contribution in [0.1, 0.15) is 11.6 Å². The summed E-state index contributed by atoms with van der Waals surface area (Å²) in [6, 6.07) is 10.1. The topological polar surface area (TPSA) is 47.3 Å². The molecule has 0 fully saturated rings. The van der Waals surface area contributed by atoms with Crippen molar-refractivity contribution in [1.29, 1.82) is 0 Å². The number of hydrogen-bond acceptors (Lipinski definition) is 3. The van der Waals surface area contributed by atoms with E-state index in [0.717, 1.165) is 15.7 Å². The van der Waals surface area contributed by atoms with Gasteiger partial charge in [-0.2, -0.15) is 0 Å². The number of nitrogens with one attached hydrogen (secondary N) is 1. The van der Waals surface area contributed by atoms with Crippen molar-refractivity contribution in [3.8, 4) is 5.75 Å². The van der Waals surface area contributed by atoms with E-state index in [4.69, 9.17) is 22.1 Å². The van der Waals surface area contributed by atoms with Gasteiger partial charge in [-0.1, -0.05) is 17.7 Å². The SMILES string of the molecule is COc1cc(NC(CN)c2ccc(Br)c(Cl)c2)ccc1F. The van der Waals surface area contributed by atoms with Gasteiger partial charge in [0.05, 0.1) is 18.2 Å². The average molecular weight is 374 g/mol. The summed E-state index contributed by atoms with van der Waals surface area (Å²) in [7, 11) is 1.43. The van der Waals surface area contributed by atoms with E-state index in [0.29, 0.717) is 11.6 Å². The van der Waals surface area contributed by atoms with Gasteiger partial charge in [-0.15, -0.1) is 0 Å². The highest BCUT2D eigenvalue weighted by molar-refractivity contribution is 9.10. The van der Waals surface area contributed by atoms with Crippen LogP contribution in [0.4, 0.5) is 10.1 Å². The molecule has 21 heavy (non-hydrogen) atoms. The smallest absolute Gasteiger partial charge is 0.165 e. The van der Waals surface area contributed by atoms with Gasteiger partial charge >= 0.3 is 0 Å². The minimum atomic E-state index is -0.404. The fourth-order valence-electron chi connectivity index (χ4n) is 1.96. The molecule has 0 aliphatic heterocycles. The largest absolute Gasteiger partial charge is 0.494 e. The highest BCUT2D eigenvalue weighted by atomic mass is 79.9. The van der Waals surface area contributed by atoms with E-state index in [2.05, 4.69) is 21.2 Å². The van der Waals surface area contributed by atoms with Crippen LogP contribution in [-0.2, 0) is 0 Å². The molecule has 2 aromatic carbocycles. The molecule has 0 saturated heterocycles. The Morgan fingerprint density at radius 1 is 1.33 bits per heavy atom. The maximum atomic E-state index is 13.4. The number of ether oxygens (including phenoxy) is 1. The van der Waals surface area contributed by atoms with E-state index in [1.54, 1.807) is 12.1 Å². The summed E-state index contributed by atoms with van der Waals surface area (Å²) >= 11 is 9.45. The second-order valence-electron chi connectivity index (χ2n) is 4.46. The molecule has 0 aromatic heterocycles. The Kier molecular flexibility index (Phi) is 5.45. The summed E-state index contributed by atoms with van der Waals surface area (Å²) in [6.45, 7) is 0.373. The van der Waals surface area contributed by atoms with Crippen LogP contribution < -0.4 is 15.8 Å². The molecule has 112 valence electrons. The number of halogens is 3. The standard InChI is InChI=1S/C15H15BrClFN2O/c1-21-15-7-10(3-5-13(15)18)20-14(8-19)9-2-4-11(16)12(17)6-9/h2-7,14,20H,8,19H2,1H3. The van der Waals surface area contributed by atoms with Gasteiger partial charge in [-0.05, 0) is 45.8 Å². The number of benzene rings is 2. The first kappa shape index (κ1) is 16.1. The highest BCUT2D eigenvalue weighted by Crippen LogP contribution is 2.29. The van der Waals surface area contributed by atoms with Crippen molar-refractivity contribution < 1.29 is 9.13 Å². The van der Waals surface area contributed by atoms with Gasteiger partial charge in [0.1, 0.15) is 0 Å². The van der Waals surface area contributed by atoms with E-state index in [1.807, 2.05) is 18.2 Å². The van der Waals surface area contributed by atoms with Gasteiger partial charge in [-0.25, -0.2) is 4.39 Å². The maximum absolute atomic E-state index is 13.4. The van der Waals surface area contributed by atoms with E-state index in [9.17, 15) is 4.39 Å². The van der Waals surface area contributed by atoms with Gasteiger partial charge < -0.3 is 15.8 Å². The van der Waals surface area contributed by atoms with Crippen LogP contribution in [-0.4, -0.2) is 13.7 Å². The Bertz CT molecular complexity index is 639. The first-order valence-electron chi connectivity index (χ1n) is 6.30. The molecule has 2 aromatic rings. The molecule has 0 heterocycles. The van der Waals surface area contributed by atoms with Crippen molar-refractivity contribution in [2.45, 2.75) is 6.04 Å². The molecular weight excluding hydrogens is 359 g/mol. The zero-order valence-electron chi connectivity index (χ0n) is 11.4. The van der Waals surface area contributed by atoms with Crippen LogP contribution in [0.2, 0.25) is 5.02 Å². The number of methoxy groups -OCH3 is 1. The molecule has 1 atom stereocenters. The molecule has 0 aliphatic rings. The molecule has 3 nitrogen and oxygen atoms in total. The Labute approximate surface area is 136 Å². The first-order valence-corrected chi connectivity index (χ1v) is 7.47. The normalized spacial score (nSPS) is 12.0. The lowest BCUT2D eigenvalue weighted by molar-refractivity contribution is 0.386. The second kappa shape index (κ2) is 7.11. The van der Waals surface area contributed by atoms with Gasteiger partial charge in [0, 0.05) is 22.8 Å². The van der Waals surface area contributed by atoms with Crippen molar-refractivity contribution in [1.82, 2.24) is 0 Å². The van der Waals surface area contributed by atoms with Gasteiger partial charge in [0.15, 0.2) is 11.6 Å². The van der Waals surface area contributed by atoms with Crippen molar-refractivity contribution in [3.05, 3.63) is 57.3 Å². The summed E-state index contributed by atoms with van der Waals surface area (Å²) in [6.07, 6.45) is 0. The Morgan fingerprint density at radius 2 is 2.10 bits per heavy atom. The Morgan fingerprint density at radius 3 is 2.71 bits per heavy atom. The van der Waals surface area contributed by atoms with E-state index >= 15 is 0 Å². The third kappa shape index (κ3) is 3.87. The van der Waals surface area contributed by atoms with Gasteiger partial charge in [0.25, 0.3) is 0 Å². The van der Waals surface area contributed by atoms with Crippen LogP contribution in [0.5, 0.6) is 5.75 Å². The lowest BCUT2D eigenvalue weighted by atomic mass is 10.1. The first-order chi connectivity index (χ1) is 10.0. The van der Waals surface area contributed by atoms with Gasteiger partial charge in [-0.3, -0.25) is 0 Å². The minimum Gasteiger partial charge on any atom is -0.494 e. The van der Waals surface area contributed by atoms with E-state index < -0.39 is 5.82 Å². The summed E-state index contributed by atoms with van der Waals surface area (Å²) in [5.41, 5.74) is 7.50. The molecule has 1 unspecified atom stereocenters. The summed E-state index contributed by atoms with van der Waals surface area (Å²) in [4.78, 5) is 0. The van der Waals surface area contributed by atoms with E-state index in [1.165, 1.54) is 13.2 Å². The zero-order valence-corrected chi connectivity index (χ0v) is 13.7. The fraction of sp³-hybridized carbons (Fsp3) is 0.200. The lowest BCUT2D eigenvalue weighted by Gasteiger charge is -2.19. The number of nitrogens with two attached hydrogens (primary N) is 1. The van der Waals surface area contributed by atoms with Crippen molar-refractivity contribution in [3.63, 3.8) is 0 Å². The molecule has 0 spiro atoms. The average Bonchev–Trinajstić information content (AvgIpc) is 2.49. The predicted molar refractivity (Wildman–Crippen MR) is 87.5 cm³/mol. The minimum absolute atomic E-state index is 0.134. The van der Waals surface area contributed by atoms with E-state index in [-0.39, 0.29) is 11.8 Å². The summed E-state index contributed by atoms with van der Waals surface area (Å²) < 4.78 is 19.2. The monoisotopic (exact) mass is 372 g/mol. The van der Waals surface area contributed by atoms with Crippen molar-refractivity contribution in [2.24, 2.45) is 5.73 Å². The number of anilines is 1. The van der Waals surface area contributed by atoms with Crippen LogP contribution in [0, 0.1) is 5.82 Å². The second-order valence-corrected chi connectivity index (χ2v) is 5.72. The third-order valence-corrected chi connectivity index (χ3v) is 4.31. The number of rotatable bonds is 5. The zero-order chi connectivity index (χ0) is 15.4. The Balaban J connectivity index is 2.24. The van der Waals surface area contributed by atoms with Crippen LogP contribution >= 0.6 is 27.5 Å². The molecule has 0 aliphatic carbocycles. The molecular formula is C15H15BrClFN2O. The molecule has 0 radical (unpaired) electrons. The Hall–Kier alpha value is -1.30. The van der Waals surface area contributed by atoms with Crippen LogP contribution in [0.3, 0.4) is 0 Å². The maximum Gasteiger partial charge on any atom is 0.165 e. The van der Waals surface area contributed by atoms with Gasteiger partial charge in [0.2, 0.25) is 0 Å².